The van der Waals surface area contributed by atoms with E-state index >= 15 is 0 Å². The Labute approximate surface area is 114 Å². The van der Waals surface area contributed by atoms with E-state index in [0.717, 1.165) is 16.8 Å². The van der Waals surface area contributed by atoms with Gasteiger partial charge in [-0.05, 0) is 11.6 Å². The third-order valence-corrected chi connectivity index (χ3v) is 3.36. The van der Waals surface area contributed by atoms with Crippen LogP contribution in [0.5, 0.6) is 0 Å². The quantitative estimate of drug-likeness (QED) is 0.812. The highest BCUT2D eigenvalue weighted by Gasteiger charge is 2.06. The van der Waals surface area contributed by atoms with Crippen LogP contribution in [0.4, 0.5) is 5.82 Å². The molecule has 0 aliphatic heterocycles. The Hall–Kier alpha value is -1.13. The van der Waals surface area contributed by atoms with E-state index in [2.05, 4.69) is 32.0 Å². The average molecular weight is 313 g/mol. The van der Waals surface area contributed by atoms with Crippen LogP contribution < -0.4 is 4.90 Å². The van der Waals surface area contributed by atoms with Crippen molar-refractivity contribution in [2.75, 3.05) is 11.9 Å². The second-order valence-corrected chi connectivity index (χ2v) is 4.89. The number of benzene rings is 1. The summed E-state index contributed by atoms with van der Waals surface area (Å²) in [6, 6.07) is 9.86. The smallest absolute Gasteiger partial charge is 0.134 e. The van der Waals surface area contributed by atoms with Crippen molar-refractivity contribution in [2.45, 2.75) is 6.54 Å². The first kappa shape index (κ1) is 12.3. The minimum atomic E-state index is 0.453. The molecule has 0 saturated carbocycles. The molecule has 0 aliphatic rings. The Kier molecular flexibility index (Phi) is 3.97. The Balaban J connectivity index is 2.17. The van der Waals surface area contributed by atoms with E-state index < -0.39 is 0 Å². The summed E-state index contributed by atoms with van der Waals surface area (Å²) in [6.45, 7) is 0.759. The Morgan fingerprint density at radius 3 is 2.76 bits per heavy atom. The van der Waals surface area contributed by atoms with Crippen LogP contribution in [0.3, 0.4) is 0 Å². The number of hydrogen-bond acceptors (Lipinski definition) is 3. The Bertz CT molecular complexity index is 519. The molecule has 0 bridgehead atoms. The molecule has 0 aliphatic carbocycles. The maximum absolute atomic E-state index is 5.84. The second kappa shape index (κ2) is 5.47. The van der Waals surface area contributed by atoms with Crippen LogP contribution in [-0.2, 0) is 6.54 Å². The highest BCUT2D eigenvalue weighted by atomic mass is 79.9. The maximum atomic E-state index is 5.84. The number of anilines is 1. The molecule has 5 heteroatoms. The van der Waals surface area contributed by atoms with E-state index in [1.165, 1.54) is 11.9 Å². The predicted octanol–water partition coefficient (Wildman–Crippen LogP) is 3.53. The summed E-state index contributed by atoms with van der Waals surface area (Å²) in [5.41, 5.74) is 1.20. The Morgan fingerprint density at radius 2 is 2.06 bits per heavy atom. The lowest BCUT2D eigenvalue weighted by atomic mass is 10.2. The highest BCUT2D eigenvalue weighted by molar-refractivity contribution is 9.10. The number of nitrogens with zero attached hydrogens (tertiary/aromatic N) is 3. The molecule has 0 amide bonds. The zero-order valence-corrected chi connectivity index (χ0v) is 11.6. The fourth-order valence-electron chi connectivity index (χ4n) is 1.50. The van der Waals surface area contributed by atoms with E-state index in [4.69, 9.17) is 11.6 Å². The summed E-state index contributed by atoms with van der Waals surface area (Å²) in [5.74, 6) is 0.806. The van der Waals surface area contributed by atoms with E-state index in [1.54, 1.807) is 6.07 Å². The van der Waals surface area contributed by atoms with Gasteiger partial charge in [-0.2, -0.15) is 0 Å². The van der Waals surface area contributed by atoms with Crippen LogP contribution in [0.15, 0.2) is 41.1 Å². The van der Waals surface area contributed by atoms with E-state index in [0.29, 0.717) is 5.15 Å². The lowest BCUT2D eigenvalue weighted by Gasteiger charge is -2.18. The summed E-state index contributed by atoms with van der Waals surface area (Å²) in [6.07, 6.45) is 1.47. The molecule has 0 unspecified atom stereocenters. The average Bonchev–Trinajstić information content (AvgIpc) is 2.32. The van der Waals surface area contributed by atoms with Gasteiger partial charge in [0.05, 0.1) is 0 Å². The lowest BCUT2D eigenvalue weighted by molar-refractivity contribution is 0.887. The zero-order chi connectivity index (χ0) is 12.3. The number of hydrogen-bond donors (Lipinski definition) is 0. The van der Waals surface area contributed by atoms with Gasteiger partial charge in [-0.3, -0.25) is 0 Å². The molecular formula is C12H11BrClN3. The van der Waals surface area contributed by atoms with Crippen molar-refractivity contribution in [1.29, 1.82) is 0 Å². The van der Waals surface area contributed by atoms with Crippen molar-refractivity contribution in [3.05, 3.63) is 51.8 Å². The van der Waals surface area contributed by atoms with Crippen molar-refractivity contribution in [1.82, 2.24) is 9.97 Å². The van der Waals surface area contributed by atoms with Crippen LogP contribution >= 0.6 is 27.5 Å². The first-order valence-corrected chi connectivity index (χ1v) is 6.26. The highest BCUT2D eigenvalue weighted by Crippen LogP contribution is 2.20. The number of rotatable bonds is 3. The number of halogens is 2. The molecule has 1 heterocycles. The largest absolute Gasteiger partial charge is 0.355 e. The van der Waals surface area contributed by atoms with Gasteiger partial charge in [0.2, 0.25) is 0 Å². The third kappa shape index (κ3) is 3.17. The zero-order valence-electron chi connectivity index (χ0n) is 9.27. The Morgan fingerprint density at radius 1 is 1.29 bits per heavy atom. The van der Waals surface area contributed by atoms with Crippen molar-refractivity contribution in [3.63, 3.8) is 0 Å². The van der Waals surface area contributed by atoms with E-state index in [9.17, 15) is 0 Å². The molecule has 0 saturated heterocycles. The second-order valence-electron chi connectivity index (χ2n) is 3.65. The van der Waals surface area contributed by atoms with Gasteiger partial charge in [-0.1, -0.05) is 45.7 Å². The van der Waals surface area contributed by atoms with E-state index in [1.807, 2.05) is 30.1 Å². The minimum Gasteiger partial charge on any atom is -0.355 e. The summed E-state index contributed by atoms with van der Waals surface area (Å²) in [4.78, 5) is 10.1. The summed E-state index contributed by atoms with van der Waals surface area (Å²) in [7, 11) is 1.97. The molecular weight excluding hydrogens is 302 g/mol. The molecule has 17 heavy (non-hydrogen) atoms. The van der Waals surface area contributed by atoms with Crippen molar-refractivity contribution in [3.8, 4) is 0 Å². The summed E-state index contributed by atoms with van der Waals surface area (Å²) < 4.78 is 1.09. The van der Waals surface area contributed by atoms with Crippen LogP contribution in [-0.4, -0.2) is 17.0 Å². The lowest BCUT2D eigenvalue weighted by Crippen LogP contribution is -2.18. The molecule has 0 N–H and O–H groups in total. The molecule has 0 spiro atoms. The first-order chi connectivity index (χ1) is 8.16. The topological polar surface area (TPSA) is 29.0 Å². The summed E-state index contributed by atoms with van der Waals surface area (Å²) >= 11 is 9.36. The minimum absolute atomic E-state index is 0.453. The molecule has 0 atom stereocenters. The van der Waals surface area contributed by atoms with Crippen LogP contribution in [0, 0.1) is 0 Å². The summed E-state index contributed by atoms with van der Waals surface area (Å²) in [5, 5.41) is 0.453. The van der Waals surface area contributed by atoms with Crippen LogP contribution in [0.2, 0.25) is 5.15 Å². The van der Waals surface area contributed by atoms with E-state index in [-0.39, 0.29) is 0 Å². The van der Waals surface area contributed by atoms with Gasteiger partial charge in [0.1, 0.15) is 17.3 Å². The molecule has 1 aromatic carbocycles. The molecule has 88 valence electrons. The van der Waals surface area contributed by atoms with Gasteiger partial charge in [0.25, 0.3) is 0 Å². The molecule has 2 aromatic rings. The van der Waals surface area contributed by atoms with Crippen molar-refractivity contribution < 1.29 is 0 Å². The molecule has 0 fully saturated rings. The third-order valence-electron chi connectivity index (χ3n) is 2.38. The van der Waals surface area contributed by atoms with Gasteiger partial charge in [0, 0.05) is 24.1 Å². The molecule has 1 aromatic heterocycles. The van der Waals surface area contributed by atoms with Crippen molar-refractivity contribution in [2.24, 2.45) is 0 Å². The molecule has 3 nitrogen and oxygen atoms in total. The normalized spacial score (nSPS) is 10.3. The number of aromatic nitrogens is 2. The fourth-order valence-corrected chi connectivity index (χ4v) is 2.05. The van der Waals surface area contributed by atoms with Crippen LogP contribution in [0.25, 0.3) is 0 Å². The van der Waals surface area contributed by atoms with Gasteiger partial charge in [0.15, 0.2) is 0 Å². The monoisotopic (exact) mass is 311 g/mol. The first-order valence-electron chi connectivity index (χ1n) is 5.09. The van der Waals surface area contributed by atoms with Crippen LogP contribution in [0.1, 0.15) is 5.56 Å². The van der Waals surface area contributed by atoms with Gasteiger partial charge in [-0.25, -0.2) is 9.97 Å². The maximum Gasteiger partial charge on any atom is 0.134 e. The molecule has 2 rings (SSSR count). The SMILES string of the molecule is CN(Cc1ccccc1Br)c1cc(Cl)ncn1. The predicted molar refractivity (Wildman–Crippen MR) is 73.3 cm³/mol. The van der Waals surface area contributed by atoms with Gasteiger partial charge < -0.3 is 4.90 Å². The van der Waals surface area contributed by atoms with Gasteiger partial charge in [-0.15, -0.1) is 0 Å². The fraction of sp³-hybridized carbons (Fsp3) is 0.167. The van der Waals surface area contributed by atoms with Gasteiger partial charge >= 0.3 is 0 Å². The van der Waals surface area contributed by atoms with Crippen molar-refractivity contribution >= 4 is 33.3 Å². The molecule has 0 radical (unpaired) electrons. The standard InChI is InChI=1S/C12H11BrClN3/c1-17(12-6-11(14)15-8-16-12)7-9-4-2-3-5-10(9)13/h2-6,8H,7H2,1H3.